The van der Waals surface area contributed by atoms with Crippen molar-refractivity contribution >= 4 is 21.7 Å². The molecule has 2 nitrogen and oxygen atoms in total. The van der Waals surface area contributed by atoms with Crippen molar-refractivity contribution in [3.05, 3.63) is 57.7 Å². The van der Waals surface area contributed by atoms with Crippen LogP contribution in [0, 0.1) is 11.6 Å². The van der Waals surface area contributed by atoms with Crippen molar-refractivity contribution in [3.8, 4) is 0 Å². The predicted octanol–water partition coefficient (Wildman–Crippen LogP) is 3.49. The zero-order valence-electron chi connectivity index (χ0n) is 9.46. The number of rotatable bonds is 3. The van der Waals surface area contributed by atoms with Crippen LogP contribution in [-0.4, -0.2) is 4.98 Å². The highest BCUT2D eigenvalue weighted by atomic mass is 79.9. The summed E-state index contributed by atoms with van der Waals surface area (Å²) in [5, 5.41) is 0. The Bertz CT molecular complexity index is 573. The molecule has 1 heterocycles. The molecule has 0 amide bonds. The van der Waals surface area contributed by atoms with Gasteiger partial charge in [0.25, 0.3) is 0 Å². The topological polar surface area (TPSA) is 38.9 Å². The molecule has 0 spiro atoms. The number of aromatic nitrogens is 1. The maximum Gasteiger partial charge on any atom is 0.143 e. The molecule has 0 saturated heterocycles. The number of pyridine rings is 1. The van der Waals surface area contributed by atoms with Crippen LogP contribution >= 0.6 is 15.9 Å². The number of benzene rings is 1. The van der Waals surface area contributed by atoms with Gasteiger partial charge in [-0.3, -0.25) is 0 Å². The van der Waals surface area contributed by atoms with Gasteiger partial charge in [-0.05, 0) is 58.6 Å². The summed E-state index contributed by atoms with van der Waals surface area (Å²) in [5.41, 5.74) is 6.53. The van der Waals surface area contributed by atoms with Gasteiger partial charge in [-0.1, -0.05) is 0 Å². The number of anilines is 1. The van der Waals surface area contributed by atoms with Crippen LogP contribution in [0.1, 0.15) is 11.1 Å². The molecule has 1 aromatic carbocycles. The number of halogens is 3. The molecule has 0 aliphatic carbocycles. The third-order valence-corrected chi connectivity index (χ3v) is 3.26. The Labute approximate surface area is 112 Å². The highest BCUT2D eigenvalue weighted by molar-refractivity contribution is 9.10. The van der Waals surface area contributed by atoms with E-state index < -0.39 is 11.6 Å². The van der Waals surface area contributed by atoms with Crippen molar-refractivity contribution in [2.75, 3.05) is 5.73 Å². The van der Waals surface area contributed by atoms with Crippen LogP contribution < -0.4 is 5.73 Å². The molecule has 94 valence electrons. The fraction of sp³-hybridized carbons (Fsp3) is 0.154. The van der Waals surface area contributed by atoms with E-state index in [9.17, 15) is 8.78 Å². The largest absolute Gasteiger partial charge is 0.384 e. The normalized spacial score (nSPS) is 10.6. The van der Waals surface area contributed by atoms with Crippen LogP contribution in [0.25, 0.3) is 0 Å². The van der Waals surface area contributed by atoms with Gasteiger partial charge in [0.05, 0.1) is 4.47 Å². The van der Waals surface area contributed by atoms with Crippen molar-refractivity contribution in [3.63, 3.8) is 0 Å². The molecule has 2 N–H and O–H groups in total. The highest BCUT2D eigenvalue weighted by Crippen LogP contribution is 2.23. The summed E-state index contributed by atoms with van der Waals surface area (Å²) in [6.45, 7) is 0. The van der Waals surface area contributed by atoms with Gasteiger partial charge in [-0.2, -0.15) is 0 Å². The standard InChI is InChI=1S/C13H11BrF2N2/c14-10-3-4-11(15)9(13(10)16)2-1-8-5-6-18-12(17)7-8/h3-7H,1-2H2,(H2,17,18). The van der Waals surface area contributed by atoms with Crippen molar-refractivity contribution in [2.45, 2.75) is 12.8 Å². The number of hydrogen-bond donors (Lipinski definition) is 1. The maximum absolute atomic E-state index is 13.7. The lowest BCUT2D eigenvalue weighted by Gasteiger charge is -2.07. The molecule has 5 heteroatoms. The monoisotopic (exact) mass is 312 g/mol. The van der Waals surface area contributed by atoms with Crippen LogP contribution in [0.15, 0.2) is 34.9 Å². The van der Waals surface area contributed by atoms with Gasteiger partial charge in [-0.25, -0.2) is 13.8 Å². The lowest BCUT2D eigenvalue weighted by molar-refractivity contribution is 0.550. The summed E-state index contributed by atoms with van der Waals surface area (Å²) in [6.07, 6.45) is 2.37. The van der Waals surface area contributed by atoms with Crippen LogP contribution in [0.3, 0.4) is 0 Å². The second-order valence-corrected chi connectivity index (χ2v) is 4.77. The number of aryl methyl sites for hydroxylation is 1. The Morgan fingerprint density at radius 2 is 1.94 bits per heavy atom. The molecular formula is C13H11BrF2N2. The quantitative estimate of drug-likeness (QED) is 0.881. The molecule has 0 saturated carbocycles. The SMILES string of the molecule is Nc1cc(CCc2c(F)ccc(Br)c2F)ccn1. The van der Waals surface area contributed by atoms with E-state index in [1.165, 1.54) is 12.1 Å². The number of nitrogen functional groups attached to an aromatic ring is 1. The summed E-state index contributed by atoms with van der Waals surface area (Å²) < 4.78 is 27.5. The van der Waals surface area contributed by atoms with Gasteiger partial charge >= 0.3 is 0 Å². The average molecular weight is 313 g/mol. The van der Waals surface area contributed by atoms with E-state index in [0.717, 1.165) is 5.56 Å². The van der Waals surface area contributed by atoms with Gasteiger partial charge in [0.15, 0.2) is 0 Å². The zero-order chi connectivity index (χ0) is 13.1. The van der Waals surface area contributed by atoms with Crippen LogP contribution in [0.5, 0.6) is 0 Å². The molecule has 1 aromatic heterocycles. The Balaban J connectivity index is 2.18. The van der Waals surface area contributed by atoms with E-state index in [4.69, 9.17) is 5.73 Å². The van der Waals surface area contributed by atoms with Crippen LogP contribution in [-0.2, 0) is 12.8 Å². The third-order valence-electron chi connectivity index (χ3n) is 2.65. The Hall–Kier alpha value is -1.49. The Kier molecular flexibility index (Phi) is 3.91. The molecule has 0 bridgehead atoms. The average Bonchev–Trinajstić information content (AvgIpc) is 2.34. The van der Waals surface area contributed by atoms with E-state index in [-0.39, 0.29) is 16.5 Å². The maximum atomic E-state index is 13.7. The van der Waals surface area contributed by atoms with Gasteiger partial charge in [-0.15, -0.1) is 0 Å². The summed E-state index contributed by atoms with van der Waals surface area (Å²) in [5.74, 6) is -0.669. The second-order valence-electron chi connectivity index (χ2n) is 3.91. The third kappa shape index (κ3) is 2.85. The summed E-state index contributed by atoms with van der Waals surface area (Å²) in [7, 11) is 0. The smallest absolute Gasteiger partial charge is 0.143 e. The fourth-order valence-corrected chi connectivity index (χ4v) is 2.09. The first-order chi connectivity index (χ1) is 8.58. The summed E-state index contributed by atoms with van der Waals surface area (Å²) >= 11 is 3.05. The molecular weight excluding hydrogens is 302 g/mol. The van der Waals surface area contributed by atoms with E-state index >= 15 is 0 Å². The lowest BCUT2D eigenvalue weighted by Crippen LogP contribution is -2.00. The van der Waals surface area contributed by atoms with Crippen LogP contribution in [0.2, 0.25) is 0 Å². The van der Waals surface area contributed by atoms with Crippen molar-refractivity contribution < 1.29 is 8.78 Å². The first kappa shape index (κ1) is 13.0. The van der Waals surface area contributed by atoms with Crippen LogP contribution in [0.4, 0.5) is 14.6 Å². The molecule has 0 fully saturated rings. The van der Waals surface area contributed by atoms with Crippen molar-refractivity contribution in [1.29, 1.82) is 0 Å². The van der Waals surface area contributed by atoms with Gasteiger partial charge in [0.1, 0.15) is 17.5 Å². The van der Waals surface area contributed by atoms with E-state index in [1.54, 1.807) is 18.3 Å². The Morgan fingerprint density at radius 1 is 1.17 bits per heavy atom. The minimum atomic E-state index is -0.544. The summed E-state index contributed by atoms with van der Waals surface area (Å²) in [4.78, 5) is 3.87. The minimum absolute atomic E-state index is 0.0831. The van der Waals surface area contributed by atoms with Crippen molar-refractivity contribution in [2.24, 2.45) is 0 Å². The van der Waals surface area contributed by atoms with Gasteiger partial charge in [0.2, 0.25) is 0 Å². The van der Waals surface area contributed by atoms with E-state index in [1.807, 2.05) is 0 Å². The number of nitrogens with two attached hydrogens (primary N) is 1. The molecule has 0 atom stereocenters. The zero-order valence-corrected chi connectivity index (χ0v) is 11.0. The van der Waals surface area contributed by atoms with E-state index in [2.05, 4.69) is 20.9 Å². The summed E-state index contributed by atoms with van der Waals surface area (Å²) in [6, 6.07) is 6.10. The number of nitrogens with zero attached hydrogens (tertiary/aromatic N) is 1. The molecule has 0 aliphatic rings. The second kappa shape index (κ2) is 5.44. The molecule has 18 heavy (non-hydrogen) atoms. The molecule has 2 aromatic rings. The predicted molar refractivity (Wildman–Crippen MR) is 70.1 cm³/mol. The van der Waals surface area contributed by atoms with Gasteiger partial charge < -0.3 is 5.73 Å². The molecule has 0 unspecified atom stereocenters. The van der Waals surface area contributed by atoms with E-state index in [0.29, 0.717) is 12.2 Å². The minimum Gasteiger partial charge on any atom is -0.384 e. The Morgan fingerprint density at radius 3 is 2.67 bits per heavy atom. The molecule has 0 radical (unpaired) electrons. The first-order valence-corrected chi connectivity index (χ1v) is 6.20. The van der Waals surface area contributed by atoms with Crippen molar-refractivity contribution in [1.82, 2.24) is 4.98 Å². The first-order valence-electron chi connectivity index (χ1n) is 5.40. The highest BCUT2D eigenvalue weighted by Gasteiger charge is 2.12. The molecule has 0 aliphatic heterocycles. The lowest BCUT2D eigenvalue weighted by atomic mass is 10.0. The molecule has 2 rings (SSSR count). The fourth-order valence-electron chi connectivity index (χ4n) is 1.72. The van der Waals surface area contributed by atoms with Gasteiger partial charge in [0, 0.05) is 11.8 Å². The number of hydrogen-bond acceptors (Lipinski definition) is 2.